The average molecular weight is 619 g/mol. The molecule has 0 amide bonds. The Morgan fingerprint density at radius 2 is 1.79 bits per heavy atom. The molecule has 0 fully saturated rings. The Kier molecular flexibility index (Phi) is 10.3. The summed E-state index contributed by atoms with van der Waals surface area (Å²) in [6.45, 7) is 7.04. The second kappa shape index (κ2) is 14.5. The summed E-state index contributed by atoms with van der Waals surface area (Å²) in [6, 6.07) is 23.1. The topological polar surface area (TPSA) is 87.5 Å². The van der Waals surface area contributed by atoms with Gasteiger partial charge in [-0.1, -0.05) is 84.9 Å². The van der Waals surface area contributed by atoms with Crippen LogP contribution in [0.5, 0.6) is 11.5 Å². The van der Waals surface area contributed by atoms with E-state index in [-0.39, 0.29) is 0 Å². The van der Waals surface area contributed by atoms with Gasteiger partial charge in [-0.2, -0.15) is 4.98 Å². The lowest BCUT2D eigenvalue weighted by Gasteiger charge is -2.28. The van der Waals surface area contributed by atoms with Crippen molar-refractivity contribution in [3.8, 4) is 11.5 Å². The fourth-order valence-electron chi connectivity index (χ4n) is 4.80. The van der Waals surface area contributed by atoms with Gasteiger partial charge in [0.15, 0.2) is 11.5 Å². The number of carbonyl (C=O) groups is 1. The van der Waals surface area contributed by atoms with Crippen molar-refractivity contribution in [2.75, 3.05) is 25.1 Å². The van der Waals surface area contributed by atoms with Crippen molar-refractivity contribution < 1.29 is 19.0 Å². The number of anilines is 1. The number of ether oxygens (including phenoxy) is 3. The number of thioether (sulfide) groups is 1. The third kappa shape index (κ3) is 7.35. The van der Waals surface area contributed by atoms with E-state index in [0.717, 1.165) is 24.0 Å². The lowest BCUT2D eigenvalue weighted by Crippen LogP contribution is -2.29. The van der Waals surface area contributed by atoms with Crippen molar-refractivity contribution in [1.29, 1.82) is 0 Å². The number of nitrogens with one attached hydrogen (secondary N) is 1. The maximum absolute atomic E-state index is 13.4. The molecule has 8 nitrogen and oxygen atoms in total. The van der Waals surface area contributed by atoms with Gasteiger partial charge in [0.1, 0.15) is 6.04 Å². The fourth-order valence-corrected chi connectivity index (χ4v) is 5.92. The van der Waals surface area contributed by atoms with E-state index in [1.165, 1.54) is 17.3 Å². The van der Waals surface area contributed by atoms with Crippen LogP contribution in [-0.2, 0) is 21.7 Å². The van der Waals surface area contributed by atoms with E-state index in [1.807, 2.05) is 81.4 Å². The fraction of sp³-hybridized carbons (Fsp3) is 0.303. The maximum Gasteiger partial charge on any atom is 0.338 e. The van der Waals surface area contributed by atoms with Crippen LogP contribution in [0.3, 0.4) is 0 Å². The Bertz CT molecular complexity index is 1590. The quantitative estimate of drug-likeness (QED) is 0.122. The van der Waals surface area contributed by atoms with Crippen LogP contribution in [0, 0.1) is 0 Å². The second-order valence-electron chi connectivity index (χ2n) is 9.97. The molecule has 3 aromatic carbocycles. The minimum atomic E-state index is -0.583. The summed E-state index contributed by atoms with van der Waals surface area (Å²) in [4.78, 5) is 18.2. The Morgan fingerprint density at radius 3 is 2.56 bits per heavy atom. The number of allylic oxidation sites excluding steroid dienone is 1. The molecule has 2 heterocycles. The molecular weight excluding hydrogens is 584 g/mol. The molecule has 0 bridgehead atoms. The van der Waals surface area contributed by atoms with E-state index in [9.17, 15) is 4.79 Å². The Balaban J connectivity index is 1.46. The summed E-state index contributed by atoms with van der Waals surface area (Å²) in [6.07, 6.45) is 1.49. The normalized spacial score (nSPS) is 14.2. The largest absolute Gasteiger partial charge is 0.490 e. The van der Waals surface area contributed by atoms with Gasteiger partial charge in [0, 0.05) is 22.9 Å². The monoisotopic (exact) mass is 618 g/mol. The molecule has 4 aromatic rings. The number of esters is 1. The Hall–Kier alpha value is -3.95. The summed E-state index contributed by atoms with van der Waals surface area (Å²) in [5.41, 5.74) is 4.12. The highest BCUT2D eigenvalue weighted by molar-refractivity contribution is 7.98. The first-order chi connectivity index (χ1) is 21.0. The number of halogens is 1. The van der Waals surface area contributed by atoms with Crippen molar-refractivity contribution in [2.24, 2.45) is 0 Å². The molecule has 43 heavy (non-hydrogen) atoms. The van der Waals surface area contributed by atoms with E-state index in [1.54, 1.807) is 4.68 Å². The summed E-state index contributed by atoms with van der Waals surface area (Å²) in [7, 11) is 0. The van der Waals surface area contributed by atoms with Gasteiger partial charge >= 0.3 is 5.97 Å². The molecule has 1 aliphatic heterocycles. The van der Waals surface area contributed by atoms with Crippen molar-refractivity contribution in [3.63, 3.8) is 0 Å². The van der Waals surface area contributed by atoms with Crippen molar-refractivity contribution in [3.05, 3.63) is 106 Å². The molecule has 1 atom stereocenters. The predicted molar refractivity (Wildman–Crippen MR) is 170 cm³/mol. The van der Waals surface area contributed by atoms with Crippen molar-refractivity contribution in [2.45, 2.75) is 50.6 Å². The van der Waals surface area contributed by atoms with E-state index in [4.69, 9.17) is 35.9 Å². The minimum absolute atomic E-state index is 0.323. The number of fused-ring (bicyclic) bond motifs is 1. The van der Waals surface area contributed by atoms with Gasteiger partial charge in [-0.15, -0.1) is 5.10 Å². The summed E-state index contributed by atoms with van der Waals surface area (Å²) in [5, 5.41) is 9.36. The predicted octanol–water partition coefficient (Wildman–Crippen LogP) is 7.49. The minimum Gasteiger partial charge on any atom is -0.490 e. The highest BCUT2D eigenvalue weighted by Gasteiger charge is 2.36. The van der Waals surface area contributed by atoms with Crippen molar-refractivity contribution >= 4 is 35.3 Å². The van der Waals surface area contributed by atoms with Crippen LogP contribution in [0.15, 0.2) is 89.2 Å². The zero-order valence-electron chi connectivity index (χ0n) is 24.5. The molecule has 1 unspecified atom stereocenters. The van der Waals surface area contributed by atoms with Crippen LogP contribution in [0.1, 0.15) is 49.9 Å². The summed E-state index contributed by atoms with van der Waals surface area (Å²) in [5.74, 6) is 1.98. The molecule has 0 saturated heterocycles. The SMILES string of the molecule is CCCOC(=O)C1=C(C)Nc2nc(SCc3ccccc3Cl)nn2C1c1ccc(OCCc2ccccc2)c(OCC)c1. The first kappa shape index (κ1) is 30.5. The maximum atomic E-state index is 13.4. The summed E-state index contributed by atoms with van der Waals surface area (Å²) >= 11 is 7.85. The van der Waals surface area contributed by atoms with Crippen LogP contribution >= 0.6 is 23.4 Å². The van der Waals surface area contributed by atoms with E-state index in [2.05, 4.69) is 17.4 Å². The van der Waals surface area contributed by atoms with Gasteiger partial charge in [0.2, 0.25) is 11.1 Å². The van der Waals surface area contributed by atoms with Crippen LogP contribution in [-0.4, -0.2) is 40.6 Å². The molecule has 0 spiro atoms. The number of hydrogen-bond acceptors (Lipinski definition) is 8. The van der Waals surface area contributed by atoms with Crippen LogP contribution in [0.4, 0.5) is 5.95 Å². The van der Waals surface area contributed by atoms with Crippen LogP contribution < -0.4 is 14.8 Å². The average Bonchev–Trinajstić information content (AvgIpc) is 3.42. The lowest BCUT2D eigenvalue weighted by molar-refractivity contribution is -0.139. The Labute approximate surface area is 261 Å². The molecule has 5 rings (SSSR count). The first-order valence-corrected chi connectivity index (χ1v) is 15.8. The molecule has 0 radical (unpaired) electrons. The number of carbonyl (C=O) groups excluding carboxylic acids is 1. The van der Waals surface area contributed by atoms with Gasteiger partial charge in [0.05, 0.1) is 25.4 Å². The van der Waals surface area contributed by atoms with Gasteiger partial charge in [-0.05, 0) is 55.2 Å². The molecule has 224 valence electrons. The standard InChI is InChI=1S/C33H35ClN4O4S/c1-4-18-42-31(39)29-22(3)35-32-36-33(43-21-25-13-9-10-14-26(25)34)37-38(32)30(29)24-15-16-27(28(20-24)40-5-2)41-19-17-23-11-7-6-8-12-23/h6-16,20,30H,4-5,17-19,21H2,1-3H3,(H,35,36,37). The van der Waals surface area contributed by atoms with E-state index < -0.39 is 12.0 Å². The first-order valence-electron chi connectivity index (χ1n) is 14.4. The molecule has 1 aliphatic rings. The molecule has 1 N–H and O–H groups in total. The highest BCUT2D eigenvalue weighted by atomic mass is 35.5. The number of benzene rings is 3. The van der Waals surface area contributed by atoms with E-state index in [0.29, 0.717) is 64.5 Å². The van der Waals surface area contributed by atoms with Gasteiger partial charge in [-0.25, -0.2) is 9.48 Å². The zero-order valence-corrected chi connectivity index (χ0v) is 26.1. The molecule has 1 aromatic heterocycles. The van der Waals surface area contributed by atoms with Crippen molar-refractivity contribution in [1.82, 2.24) is 14.8 Å². The third-order valence-electron chi connectivity index (χ3n) is 6.88. The smallest absolute Gasteiger partial charge is 0.338 e. The Morgan fingerprint density at radius 1 is 1.00 bits per heavy atom. The van der Waals surface area contributed by atoms with Gasteiger partial charge < -0.3 is 19.5 Å². The number of aromatic nitrogens is 3. The second-order valence-corrected chi connectivity index (χ2v) is 11.3. The summed E-state index contributed by atoms with van der Waals surface area (Å²) < 4.78 is 19.5. The molecule has 0 aliphatic carbocycles. The van der Waals surface area contributed by atoms with Gasteiger partial charge in [-0.3, -0.25) is 0 Å². The molecular formula is C33H35ClN4O4S. The van der Waals surface area contributed by atoms with Crippen LogP contribution in [0.2, 0.25) is 5.02 Å². The van der Waals surface area contributed by atoms with Crippen LogP contribution in [0.25, 0.3) is 0 Å². The third-order valence-corrected chi connectivity index (χ3v) is 8.13. The molecule has 0 saturated carbocycles. The zero-order chi connectivity index (χ0) is 30.2. The lowest BCUT2D eigenvalue weighted by atomic mass is 9.95. The molecule has 10 heteroatoms. The van der Waals surface area contributed by atoms with E-state index >= 15 is 0 Å². The number of hydrogen-bond donors (Lipinski definition) is 1. The highest BCUT2D eigenvalue weighted by Crippen LogP contribution is 2.40. The number of nitrogens with zero attached hydrogens (tertiary/aromatic N) is 3. The number of rotatable bonds is 13. The van der Waals surface area contributed by atoms with Gasteiger partial charge in [0.25, 0.3) is 0 Å².